The maximum absolute atomic E-state index is 11.7. The first-order valence-corrected chi connectivity index (χ1v) is 6.78. The lowest BCUT2D eigenvalue weighted by molar-refractivity contribution is 0.0301. The van der Waals surface area contributed by atoms with Crippen molar-refractivity contribution in [2.75, 3.05) is 26.7 Å². The molecule has 1 fully saturated rings. The highest BCUT2D eigenvalue weighted by atomic mass is 16.2. The highest BCUT2D eigenvalue weighted by molar-refractivity contribution is 5.74. The molecule has 1 saturated heterocycles. The smallest absolute Gasteiger partial charge is 0.317 e. The molecule has 1 aliphatic heterocycles. The van der Waals surface area contributed by atoms with Gasteiger partial charge in [-0.25, -0.2) is 4.79 Å². The highest BCUT2D eigenvalue weighted by Gasteiger charge is 2.35. The Hall–Kier alpha value is -1.55. The summed E-state index contributed by atoms with van der Waals surface area (Å²) in [7, 11) is 1.69. The van der Waals surface area contributed by atoms with Gasteiger partial charge >= 0.3 is 6.03 Å². The molecule has 2 rings (SSSR count). The zero-order valence-electron chi connectivity index (χ0n) is 12.0. The van der Waals surface area contributed by atoms with E-state index in [4.69, 9.17) is 0 Å². The van der Waals surface area contributed by atoms with Gasteiger partial charge in [-0.1, -0.05) is 30.3 Å². The third kappa shape index (κ3) is 3.26. The number of amides is 2. The predicted molar refractivity (Wildman–Crippen MR) is 77.0 cm³/mol. The first kappa shape index (κ1) is 13.9. The maximum atomic E-state index is 11.7. The number of carbonyl (C=O) groups excluding carboxylic acids is 1. The molecule has 0 aromatic heterocycles. The third-order valence-corrected chi connectivity index (χ3v) is 3.79. The van der Waals surface area contributed by atoms with Gasteiger partial charge in [0.05, 0.1) is 0 Å². The van der Waals surface area contributed by atoms with Crippen LogP contribution < -0.4 is 5.32 Å². The van der Waals surface area contributed by atoms with E-state index in [1.165, 1.54) is 5.56 Å². The van der Waals surface area contributed by atoms with Crippen molar-refractivity contribution in [3.63, 3.8) is 0 Å². The van der Waals surface area contributed by atoms with E-state index in [0.717, 1.165) is 26.2 Å². The van der Waals surface area contributed by atoms with Crippen LogP contribution in [0.15, 0.2) is 30.3 Å². The molecular weight excluding hydrogens is 238 g/mol. The summed E-state index contributed by atoms with van der Waals surface area (Å²) in [4.78, 5) is 16.1. The number of benzene rings is 1. The summed E-state index contributed by atoms with van der Waals surface area (Å²) >= 11 is 0. The van der Waals surface area contributed by atoms with Gasteiger partial charge in [0.25, 0.3) is 0 Å². The van der Waals surface area contributed by atoms with Crippen LogP contribution in [-0.2, 0) is 6.54 Å². The van der Waals surface area contributed by atoms with E-state index in [0.29, 0.717) is 0 Å². The van der Waals surface area contributed by atoms with E-state index in [9.17, 15) is 4.79 Å². The number of hydrogen-bond donors (Lipinski definition) is 1. The fourth-order valence-corrected chi connectivity index (χ4v) is 2.62. The Morgan fingerprint density at radius 1 is 1.26 bits per heavy atom. The van der Waals surface area contributed by atoms with Crippen molar-refractivity contribution in [1.29, 1.82) is 0 Å². The first-order chi connectivity index (χ1) is 9.03. The average molecular weight is 261 g/mol. The molecule has 4 nitrogen and oxygen atoms in total. The van der Waals surface area contributed by atoms with Gasteiger partial charge in [-0.2, -0.15) is 0 Å². The lowest BCUT2D eigenvalue weighted by Crippen LogP contribution is -2.61. The van der Waals surface area contributed by atoms with Gasteiger partial charge in [-0.3, -0.25) is 4.90 Å². The summed E-state index contributed by atoms with van der Waals surface area (Å²) in [6.45, 7) is 7.80. The highest BCUT2D eigenvalue weighted by Crippen LogP contribution is 2.23. The molecule has 0 spiro atoms. The van der Waals surface area contributed by atoms with Crippen molar-refractivity contribution >= 4 is 6.03 Å². The molecule has 1 aromatic carbocycles. The minimum Gasteiger partial charge on any atom is -0.341 e. The third-order valence-electron chi connectivity index (χ3n) is 3.79. The van der Waals surface area contributed by atoms with Crippen LogP contribution in [0.4, 0.5) is 4.79 Å². The van der Waals surface area contributed by atoms with Gasteiger partial charge < -0.3 is 10.2 Å². The minimum absolute atomic E-state index is 0.000597. The number of urea groups is 1. The number of rotatable bonds is 2. The van der Waals surface area contributed by atoms with E-state index < -0.39 is 0 Å². The molecule has 0 saturated carbocycles. The topological polar surface area (TPSA) is 35.6 Å². The molecule has 0 unspecified atom stereocenters. The molecule has 1 aliphatic rings. The Bertz CT molecular complexity index is 430. The largest absolute Gasteiger partial charge is 0.341 e. The lowest BCUT2D eigenvalue weighted by Gasteiger charge is -2.47. The summed E-state index contributed by atoms with van der Waals surface area (Å²) in [5.41, 5.74) is 1.32. The molecule has 0 radical (unpaired) electrons. The second-order valence-corrected chi connectivity index (χ2v) is 5.70. The Balaban J connectivity index is 2.02. The monoisotopic (exact) mass is 261 g/mol. The second-order valence-electron chi connectivity index (χ2n) is 5.70. The van der Waals surface area contributed by atoms with Crippen LogP contribution in [0.1, 0.15) is 19.4 Å². The number of nitrogens with zero attached hydrogens (tertiary/aromatic N) is 2. The van der Waals surface area contributed by atoms with Gasteiger partial charge in [0, 0.05) is 38.8 Å². The van der Waals surface area contributed by atoms with Crippen LogP contribution in [0.25, 0.3) is 0 Å². The average Bonchev–Trinajstić information content (AvgIpc) is 2.41. The summed E-state index contributed by atoms with van der Waals surface area (Å²) in [5, 5.41) is 2.71. The Kier molecular flexibility index (Phi) is 4.10. The molecule has 2 amide bonds. The second kappa shape index (κ2) is 5.61. The number of nitrogens with one attached hydrogen (secondary N) is 1. The Labute approximate surface area is 115 Å². The van der Waals surface area contributed by atoms with Crippen molar-refractivity contribution in [2.24, 2.45) is 0 Å². The van der Waals surface area contributed by atoms with Crippen LogP contribution in [-0.4, -0.2) is 48.1 Å². The predicted octanol–water partition coefficient (Wildman–Crippen LogP) is 1.92. The van der Waals surface area contributed by atoms with Gasteiger partial charge in [-0.05, 0) is 19.4 Å². The quantitative estimate of drug-likeness (QED) is 0.883. The summed E-state index contributed by atoms with van der Waals surface area (Å²) in [6.07, 6.45) is 0. The molecule has 1 heterocycles. The van der Waals surface area contributed by atoms with Gasteiger partial charge in [0.1, 0.15) is 0 Å². The maximum Gasteiger partial charge on any atom is 0.317 e. The zero-order valence-corrected chi connectivity index (χ0v) is 12.0. The van der Waals surface area contributed by atoms with E-state index in [1.54, 1.807) is 7.05 Å². The van der Waals surface area contributed by atoms with Gasteiger partial charge in [0.15, 0.2) is 0 Å². The Morgan fingerprint density at radius 3 is 2.53 bits per heavy atom. The van der Waals surface area contributed by atoms with E-state index in [1.807, 2.05) is 11.0 Å². The number of carbonyl (C=O) groups is 1. The fourth-order valence-electron chi connectivity index (χ4n) is 2.62. The molecule has 1 aromatic rings. The van der Waals surface area contributed by atoms with Crippen LogP contribution in [0.5, 0.6) is 0 Å². The van der Waals surface area contributed by atoms with E-state index in [-0.39, 0.29) is 11.6 Å². The minimum atomic E-state index is 0.000597. The van der Waals surface area contributed by atoms with Crippen LogP contribution in [0, 0.1) is 0 Å². The standard InChI is InChI=1S/C15H23N3O/c1-15(2)12-17(14(19)16-3)9-10-18(15)11-13-7-5-4-6-8-13/h4-8H,9-12H2,1-3H3,(H,16,19). The van der Waals surface area contributed by atoms with Gasteiger partial charge in [0.2, 0.25) is 0 Å². The molecule has 104 valence electrons. The molecule has 19 heavy (non-hydrogen) atoms. The fraction of sp³-hybridized carbons (Fsp3) is 0.533. The van der Waals surface area contributed by atoms with Crippen molar-refractivity contribution in [1.82, 2.24) is 15.1 Å². The molecule has 1 N–H and O–H groups in total. The number of hydrogen-bond acceptors (Lipinski definition) is 2. The SMILES string of the molecule is CNC(=O)N1CCN(Cc2ccccc2)C(C)(C)C1. The number of piperazine rings is 1. The zero-order chi connectivity index (χ0) is 13.9. The molecule has 0 aliphatic carbocycles. The van der Waals surface area contributed by atoms with Gasteiger partial charge in [-0.15, -0.1) is 0 Å². The van der Waals surface area contributed by atoms with Crippen LogP contribution >= 0.6 is 0 Å². The molecule has 0 bridgehead atoms. The van der Waals surface area contributed by atoms with E-state index in [2.05, 4.69) is 48.3 Å². The Morgan fingerprint density at radius 2 is 1.95 bits per heavy atom. The molecule has 4 heteroatoms. The van der Waals surface area contributed by atoms with Crippen molar-refractivity contribution < 1.29 is 4.79 Å². The summed E-state index contributed by atoms with van der Waals surface area (Å²) in [6, 6.07) is 10.5. The van der Waals surface area contributed by atoms with Crippen molar-refractivity contribution in [3.05, 3.63) is 35.9 Å². The normalized spacial score (nSPS) is 19.2. The van der Waals surface area contributed by atoms with Crippen LogP contribution in [0.3, 0.4) is 0 Å². The first-order valence-electron chi connectivity index (χ1n) is 6.78. The van der Waals surface area contributed by atoms with Crippen molar-refractivity contribution in [3.8, 4) is 0 Å². The molecular formula is C15H23N3O. The molecule has 0 atom stereocenters. The lowest BCUT2D eigenvalue weighted by atomic mass is 9.98. The van der Waals surface area contributed by atoms with Crippen LogP contribution in [0.2, 0.25) is 0 Å². The van der Waals surface area contributed by atoms with Crippen molar-refractivity contribution in [2.45, 2.75) is 25.9 Å². The summed E-state index contributed by atoms with van der Waals surface area (Å²) in [5.74, 6) is 0. The summed E-state index contributed by atoms with van der Waals surface area (Å²) < 4.78 is 0. The van der Waals surface area contributed by atoms with E-state index >= 15 is 0 Å².